The van der Waals surface area contributed by atoms with Crippen molar-refractivity contribution in [1.29, 1.82) is 0 Å². The number of sulfonamides is 1. The number of aliphatic carboxylic acids is 1. The van der Waals surface area contributed by atoms with Gasteiger partial charge in [0, 0.05) is 18.5 Å². The molecule has 1 aliphatic heterocycles. The lowest BCUT2D eigenvalue weighted by Gasteiger charge is -2.35. The van der Waals surface area contributed by atoms with Crippen molar-refractivity contribution in [3.8, 4) is 0 Å². The van der Waals surface area contributed by atoms with E-state index < -0.39 is 27.6 Å². The molecule has 1 saturated heterocycles. The van der Waals surface area contributed by atoms with E-state index in [1.165, 1.54) is 4.31 Å². The van der Waals surface area contributed by atoms with Crippen LogP contribution in [0.25, 0.3) is 0 Å². The van der Waals surface area contributed by atoms with Crippen LogP contribution in [0.2, 0.25) is 0 Å². The van der Waals surface area contributed by atoms with Crippen LogP contribution in [0.3, 0.4) is 0 Å². The van der Waals surface area contributed by atoms with Crippen LogP contribution < -0.4 is 5.32 Å². The van der Waals surface area contributed by atoms with Crippen LogP contribution >= 0.6 is 0 Å². The molecule has 0 aliphatic carbocycles. The number of carbonyl (C=O) groups excluding carboxylic acids is 1. The van der Waals surface area contributed by atoms with Gasteiger partial charge in [0.25, 0.3) is 0 Å². The number of carboxylic acids is 1. The van der Waals surface area contributed by atoms with Gasteiger partial charge in [0.2, 0.25) is 15.9 Å². The zero-order valence-corrected chi connectivity index (χ0v) is 13.6. The van der Waals surface area contributed by atoms with Gasteiger partial charge in [-0.3, -0.25) is 9.59 Å². The quantitative estimate of drug-likeness (QED) is 0.744. The highest BCUT2D eigenvalue weighted by Gasteiger charge is 2.36. The Kier molecular flexibility index (Phi) is 5.75. The Labute approximate surface area is 125 Å². The summed E-state index contributed by atoms with van der Waals surface area (Å²) in [6.45, 7) is 3.83. The van der Waals surface area contributed by atoms with Gasteiger partial charge in [-0.15, -0.1) is 0 Å². The van der Waals surface area contributed by atoms with Gasteiger partial charge in [-0.25, -0.2) is 8.42 Å². The van der Waals surface area contributed by atoms with Crippen LogP contribution in [0.4, 0.5) is 0 Å². The van der Waals surface area contributed by atoms with Crippen LogP contribution in [0.15, 0.2) is 0 Å². The van der Waals surface area contributed by atoms with Crippen molar-refractivity contribution in [2.45, 2.75) is 57.5 Å². The molecule has 0 aromatic heterocycles. The van der Waals surface area contributed by atoms with Gasteiger partial charge in [0.15, 0.2) is 0 Å². The molecule has 0 aromatic carbocycles. The molecule has 1 fully saturated rings. The largest absolute Gasteiger partial charge is 0.481 e. The molecule has 0 radical (unpaired) electrons. The van der Waals surface area contributed by atoms with E-state index in [-0.39, 0.29) is 12.3 Å². The minimum Gasteiger partial charge on any atom is -0.481 e. The summed E-state index contributed by atoms with van der Waals surface area (Å²) in [5, 5.41) is 11.5. The maximum atomic E-state index is 12.4. The van der Waals surface area contributed by atoms with Crippen LogP contribution in [-0.4, -0.2) is 54.1 Å². The number of hydrogen-bond acceptors (Lipinski definition) is 4. The number of hydrogen-bond donors (Lipinski definition) is 2. The molecule has 1 heterocycles. The summed E-state index contributed by atoms with van der Waals surface area (Å²) in [5.41, 5.74) is -0.684. The predicted octanol–water partition coefficient (Wildman–Crippen LogP) is 0.560. The first-order valence-corrected chi connectivity index (χ1v) is 8.88. The first-order chi connectivity index (χ1) is 9.53. The second-order valence-corrected chi connectivity index (χ2v) is 8.09. The lowest BCUT2D eigenvalue weighted by atomic mass is 9.96. The summed E-state index contributed by atoms with van der Waals surface area (Å²) in [4.78, 5) is 23.0. The maximum absolute atomic E-state index is 12.4. The summed E-state index contributed by atoms with van der Waals surface area (Å²) in [6.07, 6.45) is 3.40. The Bertz CT molecular complexity index is 501. The van der Waals surface area contributed by atoms with E-state index in [1.54, 1.807) is 13.8 Å². The molecule has 0 saturated carbocycles. The summed E-state index contributed by atoms with van der Waals surface area (Å²) in [5.74, 6) is -1.27. The van der Waals surface area contributed by atoms with Crippen molar-refractivity contribution in [3.05, 3.63) is 0 Å². The van der Waals surface area contributed by atoms with Crippen LogP contribution in [0, 0.1) is 0 Å². The number of piperidine rings is 1. The van der Waals surface area contributed by atoms with E-state index in [0.717, 1.165) is 19.1 Å². The number of carbonyl (C=O) groups is 2. The van der Waals surface area contributed by atoms with Crippen molar-refractivity contribution < 1.29 is 23.1 Å². The average molecular weight is 320 g/mol. The highest BCUT2D eigenvalue weighted by Crippen LogP contribution is 2.21. The second kappa shape index (κ2) is 6.74. The molecule has 0 bridgehead atoms. The predicted molar refractivity (Wildman–Crippen MR) is 78.3 cm³/mol. The van der Waals surface area contributed by atoms with Crippen molar-refractivity contribution in [2.24, 2.45) is 0 Å². The molecule has 1 rings (SSSR count). The highest BCUT2D eigenvalue weighted by atomic mass is 32.2. The maximum Gasteiger partial charge on any atom is 0.303 e. The molecule has 2 N–H and O–H groups in total. The number of nitrogens with one attached hydrogen (secondary N) is 1. The van der Waals surface area contributed by atoms with Gasteiger partial charge in [-0.1, -0.05) is 6.42 Å². The van der Waals surface area contributed by atoms with Crippen molar-refractivity contribution >= 4 is 21.9 Å². The summed E-state index contributed by atoms with van der Waals surface area (Å²) in [6, 6.07) is -0.696. The molecule has 21 heavy (non-hydrogen) atoms. The third-order valence-electron chi connectivity index (χ3n) is 3.61. The van der Waals surface area contributed by atoms with Crippen molar-refractivity contribution in [1.82, 2.24) is 9.62 Å². The second-order valence-electron chi connectivity index (χ2n) is 6.15. The minimum absolute atomic E-state index is 0.0479. The SMILES string of the molecule is CC(C)(CCC(=O)O)NC(=O)C1CCCCN1S(C)(=O)=O. The van der Waals surface area contributed by atoms with Gasteiger partial charge < -0.3 is 10.4 Å². The molecule has 1 atom stereocenters. The van der Waals surface area contributed by atoms with E-state index in [4.69, 9.17) is 5.11 Å². The van der Waals surface area contributed by atoms with Crippen LogP contribution in [0.5, 0.6) is 0 Å². The summed E-state index contributed by atoms with van der Waals surface area (Å²) < 4.78 is 24.7. The van der Waals surface area contributed by atoms with Gasteiger partial charge >= 0.3 is 5.97 Å². The zero-order valence-electron chi connectivity index (χ0n) is 12.8. The molecule has 1 unspecified atom stereocenters. The fourth-order valence-corrected chi connectivity index (χ4v) is 3.59. The Morgan fingerprint density at radius 3 is 2.48 bits per heavy atom. The highest BCUT2D eigenvalue weighted by molar-refractivity contribution is 7.88. The fourth-order valence-electron chi connectivity index (χ4n) is 2.46. The van der Waals surface area contributed by atoms with E-state index in [1.807, 2.05) is 0 Å². The van der Waals surface area contributed by atoms with Crippen LogP contribution in [-0.2, 0) is 19.6 Å². The fraction of sp³-hybridized carbons (Fsp3) is 0.846. The smallest absolute Gasteiger partial charge is 0.303 e. The Balaban J connectivity index is 2.74. The lowest BCUT2D eigenvalue weighted by molar-refractivity contribution is -0.138. The van der Waals surface area contributed by atoms with Gasteiger partial charge in [-0.2, -0.15) is 4.31 Å². The molecule has 122 valence electrons. The van der Waals surface area contributed by atoms with Crippen molar-refractivity contribution in [2.75, 3.05) is 12.8 Å². The van der Waals surface area contributed by atoms with Gasteiger partial charge in [0.1, 0.15) is 6.04 Å². The molecule has 1 aliphatic rings. The first-order valence-electron chi connectivity index (χ1n) is 7.03. The van der Waals surface area contributed by atoms with Crippen molar-refractivity contribution in [3.63, 3.8) is 0 Å². The minimum atomic E-state index is -3.42. The third kappa shape index (κ3) is 5.62. The number of amides is 1. The summed E-state index contributed by atoms with van der Waals surface area (Å²) in [7, 11) is -3.42. The third-order valence-corrected chi connectivity index (χ3v) is 4.90. The van der Waals surface area contributed by atoms with E-state index in [2.05, 4.69) is 5.32 Å². The molecule has 8 heteroatoms. The number of rotatable bonds is 6. The molecular formula is C13H24N2O5S. The van der Waals surface area contributed by atoms with E-state index >= 15 is 0 Å². The number of carboxylic acid groups (broad SMARTS) is 1. The zero-order chi connectivity index (χ0) is 16.3. The van der Waals surface area contributed by atoms with E-state index in [0.29, 0.717) is 19.4 Å². The van der Waals surface area contributed by atoms with Crippen LogP contribution in [0.1, 0.15) is 46.0 Å². The Morgan fingerprint density at radius 1 is 1.33 bits per heavy atom. The lowest BCUT2D eigenvalue weighted by Crippen LogP contribution is -2.55. The molecule has 1 amide bonds. The first kappa shape index (κ1) is 17.9. The topological polar surface area (TPSA) is 104 Å². The van der Waals surface area contributed by atoms with Gasteiger partial charge in [-0.05, 0) is 33.1 Å². The molecule has 7 nitrogen and oxygen atoms in total. The van der Waals surface area contributed by atoms with Gasteiger partial charge in [0.05, 0.1) is 6.26 Å². The summed E-state index contributed by atoms with van der Waals surface area (Å²) >= 11 is 0. The standard InChI is InChI=1S/C13H24N2O5S/c1-13(2,8-7-11(16)17)14-12(18)10-6-4-5-9-15(10)21(3,19)20/h10H,4-9H2,1-3H3,(H,14,18)(H,16,17). The molecular weight excluding hydrogens is 296 g/mol. The molecule has 0 spiro atoms. The van der Waals surface area contributed by atoms with E-state index in [9.17, 15) is 18.0 Å². The Hall–Kier alpha value is -1.15. The normalized spacial score (nSPS) is 21.0. The monoisotopic (exact) mass is 320 g/mol. The average Bonchev–Trinajstić information content (AvgIpc) is 2.35. The Morgan fingerprint density at radius 2 is 1.95 bits per heavy atom. The molecule has 0 aromatic rings. The number of nitrogens with zero attached hydrogens (tertiary/aromatic N) is 1.